The Bertz CT molecular complexity index is 579. The number of thiophene rings is 1. The first-order chi connectivity index (χ1) is 8.77. The maximum absolute atomic E-state index is 12.0. The molecule has 0 aliphatic rings. The van der Waals surface area contributed by atoms with Crippen molar-refractivity contribution in [1.29, 1.82) is 0 Å². The number of carbonyl (C=O) groups is 1. The van der Waals surface area contributed by atoms with E-state index in [0.717, 1.165) is 11.3 Å². The van der Waals surface area contributed by atoms with Gasteiger partial charge in [0.25, 0.3) is 10.0 Å². The van der Waals surface area contributed by atoms with Gasteiger partial charge in [0.2, 0.25) is 0 Å². The molecule has 0 spiro atoms. The third-order valence-electron chi connectivity index (χ3n) is 2.06. The van der Waals surface area contributed by atoms with Gasteiger partial charge in [-0.05, 0) is 26.0 Å². The quantitative estimate of drug-likeness (QED) is 0.588. The van der Waals surface area contributed by atoms with E-state index < -0.39 is 22.0 Å². The molecule has 1 aromatic heterocycles. The van der Waals surface area contributed by atoms with E-state index in [-0.39, 0.29) is 15.8 Å². The van der Waals surface area contributed by atoms with Gasteiger partial charge in [0.15, 0.2) is 0 Å². The third kappa shape index (κ3) is 4.23. The molecule has 0 amide bonds. The number of thiocarbonyl (C=S) groups is 1. The minimum absolute atomic E-state index is 0.0476. The molecule has 1 atom stereocenters. The summed E-state index contributed by atoms with van der Waals surface area (Å²) in [5.41, 5.74) is 5.41. The molecule has 0 saturated carbocycles. The lowest BCUT2D eigenvalue weighted by atomic mass is 10.4. The standard InChI is InChI=1S/C10H14N2O4S3/c1-3-16-10(13)6(2)12-19(14,15)8-5-4-7(18-8)9(11)17/h4-6,12H,3H2,1-2H3,(H2,11,17). The average molecular weight is 322 g/mol. The van der Waals surface area contributed by atoms with Gasteiger partial charge in [0, 0.05) is 0 Å². The molecular weight excluding hydrogens is 308 g/mol. The molecular formula is C10H14N2O4S3. The van der Waals surface area contributed by atoms with Crippen LogP contribution >= 0.6 is 23.6 Å². The topological polar surface area (TPSA) is 98.5 Å². The Morgan fingerprint density at radius 3 is 2.68 bits per heavy atom. The van der Waals surface area contributed by atoms with Crippen LogP contribution in [0.25, 0.3) is 0 Å². The van der Waals surface area contributed by atoms with Crippen molar-refractivity contribution < 1.29 is 17.9 Å². The van der Waals surface area contributed by atoms with Crippen molar-refractivity contribution in [3.05, 3.63) is 17.0 Å². The lowest BCUT2D eigenvalue weighted by Crippen LogP contribution is -2.39. The fraction of sp³-hybridized carbons (Fsp3) is 0.400. The van der Waals surface area contributed by atoms with Crippen LogP contribution in [0, 0.1) is 0 Å². The van der Waals surface area contributed by atoms with Gasteiger partial charge < -0.3 is 10.5 Å². The minimum atomic E-state index is -3.78. The van der Waals surface area contributed by atoms with Crippen molar-refractivity contribution in [2.45, 2.75) is 24.1 Å². The number of carbonyl (C=O) groups excluding carboxylic acids is 1. The molecule has 3 N–H and O–H groups in total. The molecule has 0 aliphatic carbocycles. The second-order valence-corrected chi connectivity index (χ2v) is 7.04. The zero-order valence-electron chi connectivity index (χ0n) is 10.4. The van der Waals surface area contributed by atoms with Crippen molar-refractivity contribution in [1.82, 2.24) is 4.72 Å². The highest BCUT2D eigenvalue weighted by Crippen LogP contribution is 2.21. The normalized spacial score (nSPS) is 12.9. The fourth-order valence-corrected chi connectivity index (χ4v) is 3.76. The van der Waals surface area contributed by atoms with Gasteiger partial charge in [0.05, 0.1) is 11.5 Å². The molecule has 9 heteroatoms. The Balaban J connectivity index is 2.86. The first-order valence-electron chi connectivity index (χ1n) is 5.36. The van der Waals surface area contributed by atoms with Crippen LogP contribution in [0.4, 0.5) is 0 Å². The summed E-state index contributed by atoms with van der Waals surface area (Å²) in [5, 5.41) is 0. The summed E-state index contributed by atoms with van der Waals surface area (Å²) < 4.78 is 31.0. The number of sulfonamides is 1. The number of hydrogen-bond acceptors (Lipinski definition) is 6. The van der Waals surface area contributed by atoms with Gasteiger partial charge in [0.1, 0.15) is 15.2 Å². The second kappa shape index (κ2) is 6.42. The molecule has 0 saturated heterocycles. The summed E-state index contributed by atoms with van der Waals surface area (Å²) in [7, 11) is -3.78. The van der Waals surface area contributed by atoms with Crippen molar-refractivity contribution in [3.63, 3.8) is 0 Å². The highest BCUT2D eigenvalue weighted by molar-refractivity contribution is 7.91. The lowest BCUT2D eigenvalue weighted by molar-refractivity contribution is -0.144. The van der Waals surface area contributed by atoms with Crippen LogP contribution in [-0.2, 0) is 19.6 Å². The molecule has 1 rings (SSSR count). The monoisotopic (exact) mass is 322 g/mol. The number of nitrogens with two attached hydrogens (primary N) is 1. The highest BCUT2D eigenvalue weighted by atomic mass is 32.2. The van der Waals surface area contributed by atoms with Gasteiger partial charge in [-0.2, -0.15) is 4.72 Å². The van der Waals surface area contributed by atoms with Crippen LogP contribution in [0.1, 0.15) is 18.7 Å². The van der Waals surface area contributed by atoms with E-state index in [1.54, 1.807) is 6.92 Å². The summed E-state index contributed by atoms with van der Waals surface area (Å²) in [6.45, 7) is 3.25. The van der Waals surface area contributed by atoms with Gasteiger partial charge in [-0.15, -0.1) is 11.3 Å². The van der Waals surface area contributed by atoms with Gasteiger partial charge in [-0.25, -0.2) is 8.42 Å². The van der Waals surface area contributed by atoms with Crippen molar-refractivity contribution in [2.75, 3.05) is 6.61 Å². The second-order valence-electron chi connectivity index (χ2n) is 3.58. The van der Waals surface area contributed by atoms with Gasteiger partial charge in [-0.3, -0.25) is 4.79 Å². The van der Waals surface area contributed by atoms with Crippen LogP contribution in [0.15, 0.2) is 16.3 Å². The third-order valence-corrected chi connectivity index (χ3v) is 5.56. The summed E-state index contributed by atoms with van der Waals surface area (Å²) in [5.74, 6) is -0.628. The summed E-state index contributed by atoms with van der Waals surface area (Å²) in [6.07, 6.45) is 0. The van der Waals surface area contributed by atoms with Gasteiger partial charge in [-0.1, -0.05) is 12.2 Å². The fourth-order valence-electron chi connectivity index (χ4n) is 1.20. The Labute approximate surface area is 121 Å². The average Bonchev–Trinajstić information content (AvgIpc) is 2.78. The summed E-state index contributed by atoms with van der Waals surface area (Å²) in [6, 6.07) is 1.95. The van der Waals surface area contributed by atoms with E-state index in [2.05, 4.69) is 4.72 Å². The first kappa shape index (κ1) is 16.0. The van der Waals surface area contributed by atoms with E-state index in [9.17, 15) is 13.2 Å². The maximum Gasteiger partial charge on any atom is 0.323 e. The van der Waals surface area contributed by atoms with Crippen molar-refractivity contribution >= 4 is 44.5 Å². The van der Waals surface area contributed by atoms with Crippen LogP contribution in [0.2, 0.25) is 0 Å². The Morgan fingerprint density at radius 1 is 1.58 bits per heavy atom. The summed E-state index contributed by atoms with van der Waals surface area (Å²) >= 11 is 5.71. The van der Waals surface area contributed by atoms with Crippen LogP contribution in [0.5, 0.6) is 0 Å². The lowest BCUT2D eigenvalue weighted by Gasteiger charge is -2.11. The predicted molar refractivity (Wildman–Crippen MR) is 76.6 cm³/mol. The molecule has 106 valence electrons. The van der Waals surface area contributed by atoms with Gasteiger partial charge >= 0.3 is 5.97 Å². The highest BCUT2D eigenvalue weighted by Gasteiger charge is 2.24. The van der Waals surface area contributed by atoms with Crippen LogP contribution < -0.4 is 10.5 Å². The van der Waals surface area contributed by atoms with Crippen molar-refractivity contribution in [3.8, 4) is 0 Å². The minimum Gasteiger partial charge on any atom is -0.465 e. The van der Waals surface area contributed by atoms with E-state index in [4.69, 9.17) is 22.7 Å². The Hall–Kier alpha value is -1.03. The Morgan fingerprint density at radius 2 is 2.21 bits per heavy atom. The number of esters is 1. The van der Waals surface area contributed by atoms with E-state index in [1.165, 1.54) is 19.1 Å². The number of ether oxygens (including phenoxy) is 1. The van der Waals surface area contributed by atoms with E-state index >= 15 is 0 Å². The number of hydrogen-bond donors (Lipinski definition) is 2. The first-order valence-corrected chi connectivity index (χ1v) is 8.07. The molecule has 19 heavy (non-hydrogen) atoms. The SMILES string of the molecule is CCOC(=O)C(C)NS(=O)(=O)c1ccc(C(N)=S)s1. The van der Waals surface area contributed by atoms with Crippen LogP contribution in [0.3, 0.4) is 0 Å². The molecule has 1 aromatic rings. The largest absolute Gasteiger partial charge is 0.465 e. The zero-order valence-corrected chi connectivity index (χ0v) is 12.8. The van der Waals surface area contributed by atoms with Crippen molar-refractivity contribution in [2.24, 2.45) is 5.73 Å². The molecule has 0 fully saturated rings. The number of nitrogens with one attached hydrogen (secondary N) is 1. The van der Waals surface area contributed by atoms with Crippen LogP contribution in [-0.4, -0.2) is 32.0 Å². The molecule has 6 nitrogen and oxygen atoms in total. The molecule has 0 bridgehead atoms. The predicted octanol–water partition coefficient (Wildman–Crippen LogP) is 0.612. The molecule has 1 heterocycles. The smallest absolute Gasteiger partial charge is 0.323 e. The molecule has 1 unspecified atom stereocenters. The number of rotatable bonds is 6. The van der Waals surface area contributed by atoms with E-state index in [0.29, 0.717) is 4.88 Å². The molecule has 0 radical (unpaired) electrons. The molecule has 0 aromatic carbocycles. The Kier molecular flexibility index (Phi) is 5.41. The maximum atomic E-state index is 12.0. The zero-order chi connectivity index (χ0) is 14.6. The summed E-state index contributed by atoms with van der Waals surface area (Å²) in [4.78, 5) is 12.0. The molecule has 0 aliphatic heterocycles. The van der Waals surface area contributed by atoms with E-state index in [1.807, 2.05) is 0 Å².